The van der Waals surface area contributed by atoms with Crippen molar-refractivity contribution in [2.75, 3.05) is 0 Å². The molecule has 0 radical (unpaired) electrons. The van der Waals surface area contributed by atoms with Gasteiger partial charge in [-0.25, -0.2) is 0 Å². The molecule has 0 heterocycles. The maximum absolute atomic E-state index is 4.00. The summed E-state index contributed by atoms with van der Waals surface area (Å²) in [4.78, 5) is 0. The molecule has 1 fully saturated rings. The molecule has 126 valence electrons. The molecular formula is C23H22BrP. The van der Waals surface area contributed by atoms with E-state index in [2.05, 4.69) is 94.8 Å². The van der Waals surface area contributed by atoms with Crippen molar-refractivity contribution in [1.82, 2.24) is 0 Å². The SMILES string of the molecule is Brc1c(C2CCCC2)cccc1P(c1ccccc1)c1ccccc1. The minimum Gasteiger partial charge on any atom is -0.0622 e. The first-order chi connectivity index (χ1) is 12.3. The van der Waals surface area contributed by atoms with E-state index in [1.54, 1.807) is 0 Å². The zero-order chi connectivity index (χ0) is 17.1. The van der Waals surface area contributed by atoms with Crippen molar-refractivity contribution >= 4 is 39.8 Å². The Balaban J connectivity index is 1.84. The Kier molecular flexibility index (Phi) is 5.34. The van der Waals surface area contributed by atoms with Crippen LogP contribution in [0.1, 0.15) is 37.2 Å². The first-order valence-corrected chi connectivity index (χ1v) is 11.2. The molecule has 1 saturated carbocycles. The molecule has 0 aromatic heterocycles. The Labute approximate surface area is 160 Å². The summed E-state index contributed by atoms with van der Waals surface area (Å²) in [5.74, 6) is 0.720. The van der Waals surface area contributed by atoms with Gasteiger partial charge in [0.2, 0.25) is 0 Å². The monoisotopic (exact) mass is 408 g/mol. The predicted molar refractivity (Wildman–Crippen MR) is 114 cm³/mol. The fourth-order valence-corrected chi connectivity index (χ4v) is 7.32. The average molecular weight is 409 g/mol. The summed E-state index contributed by atoms with van der Waals surface area (Å²) in [5.41, 5.74) is 1.51. The lowest BCUT2D eigenvalue weighted by Gasteiger charge is -2.23. The highest BCUT2D eigenvalue weighted by atomic mass is 79.9. The summed E-state index contributed by atoms with van der Waals surface area (Å²) in [5, 5.41) is 4.26. The molecule has 0 spiro atoms. The molecule has 3 aromatic carbocycles. The van der Waals surface area contributed by atoms with Crippen molar-refractivity contribution in [3.63, 3.8) is 0 Å². The topological polar surface area (TPSA) is 0 Å². The van der Waals surface area contributed by atoms with E-state index in [0.717, 1.165) is 5.92 Å². The van der Waals surface area contributed by atoms with Gasteiger partial charge in [0, 0.05) is 4.47 Å². The second-order valence-corrected chi connectivity index (χ2v) is 9.65. The van der Waals surface area contributed by atoms with Crippen molar-refractivity contribution in [2.45, 2.75) is 31.6 Å². The molecule has 3 aromatic rings. The summed E-state index contributed by atoms with van der Waals surface area (Å²) in [6.07, 6.45) is 5.40. The van der Waals surface area contributed by atoms with Gasteiger partial charge >= 0.3 is 0 Å². The van der Waals surface area contributed by atoms with Crippen LogP contribution in [0.25, 0.3) is 0 Å². The number of hydrogen-bond donors (Lipinski definition) is 0. The van der Waals surface area contributed by atoms with Gasteiger partial charge in [-0.3, -0.25) is 0 Å². The van der Waals surface area contributed by atoms with Crippen molar-refractivity contribution in [3.05, 3.63) is 88.9 Å². The molecule has 25 heavy (non-hydrogen) atoms. The molecule has 0 nitrogen and oxygen atoms in total. The number of rotatable bonds is 4. The molecule has 0 amide bonds. The van der Waals surface area contributed by atoms with Crippen LogP contribution in [0.15, 0.2) is 83.3 Å². The minimum atomic E-state index is -0.544. The van der Waals surface area contributed by atoms with E-state index in [9.17, 15) is 0 Å². The van der Waals surface area contributed by atoms with Crippen LogP contribution < -0.4 is 15.9 Å². The van der Waals surface area contributed by atoms with Gasteiger partial charge in [0.25, 0.3) is 0 Å². The van der Waals surface area contributed by atoms with E-state index in [4.69, 9.17) is 0 Å². The fourth-order valence-electron chi connectivity index (χ4n) is 3.84. The summed E-state index contributed by atoms with van der Waals surface area (Å²) < 4.78 is 1.33. The lowest BCUT2D eigenvalue weighted by atomic mass is 9.98. The Bertz CT molecular complexity index is 784. The van der Waals surface area contributed by atoms with E-state index in [1.807, 2.05) is 0 Å². The highest BCUT2D eigenvalue weighted by molar-refractivity contribution is 9.10. The molecule has 0 saturated heterocycles. The van der Waals surface area contributed by atoms with Gasteiger partial charge in [-0.2, -0.15) is 0 Å². The molecule has 0 aliphatic heterocycles. The third kappa shape index (κ3) is 3.59. The molecule has 2 heteroatoms. The minimum absolute atomic E-state index is 0.544. The third-order valence-corrected chi connectivity index (χ3v) is 8.75. The van der Waals surface area contributed by atoms with Crippen LogP contribution in [0.3, 0.4) is 0 Å². The largest absolute Gasteiger partial charge is 0.0622 e. The van der Waals surface area contributed by atoms with Crippen LogP contribution in [-0.4, -0.2) is 0 Å². The summed E-state index contributed by atoms with van der Waals surface area (Å²) in [7, 11) is -0.544. The van der Waals surface area contributed by atoms with Crippen molar-refractivity contribution in [3.8, 4) is 0 Å². The highest BCUT2D eigenvalue weighted by Crippen LogP contribution is 2.41. The van der Waals surface area contributed by atoms with E-state index < -0.39 is 7.92 Å². The quantitative estimate of drug-likeness (QED) is 0.473. The smallest absolute Gasteiger partial charge is 0.0293 e. The molecule has 0 bridgehead atoms. The number of hydrogen-bond acceptors (Lipinski definition) is 0. The molecule has 0 unspecified atom stereocenters. The van der Waals surface area contributed by atoms with Gasteiger partial charge in [-0.1, -0.05) is 91.7 Å². The van der Waals surface area contributed by atoms with Crippen molar-refractivity contribution in [2.24, 2.45) is 0 Å². The normalized spacial score (nSPS) is 15.0. The summed E-state index contributed by atoms with van der Waals surface area (Å²) >= 11 is 4.00. The maximum Gasteiger partial charge on any atom is 0.0293 e. The van der Waals surface area contributed by atoms with E-state index >= 15 is 0 Å². The van der Waals surface area contributed by atoms with Gasteiger partial charge in [-0.05, 0) is 64.1 Å². The van der Waals surface area contributed by atoms with Gasteiger partial charge in [0.05, 0.1) is 0 Å². The van der Waals surface area contributed by atoms with Crippen molar-refractivity contribution < 1.29 is 0 Å². The van der Waals surface area contributed by atoms with Crippen LogP contribution >= 0.6 is 23.9 Å². The lowest BCUT2D eigenvalue weighted by Crippen LogP contribution is -2.22. The van der Waals surface area contributed by atoms with Crippen LogP contribution in [0, 0.1) is 0 Å². The third-order valence-electron chi connectivity index (χ3n) is 5.07. The Morgan fingerprint density at radius 1 is 0.680 bits per heavy atom. The zero-order valence-corrected chi connectivity index (χ0v) is 16.7. The van der Waals surface area contributed by atoms with Crippen LogP contribution in [0.2, 0.25) is 0 Å². The Morgan fingerprint density at radius 3 is 1.80 bits per heavy atom. The highest BCUT2D eigenvalue weighted by Gasteiger charge is 2.24. The number of benzene rings is 3. The fraction of sp³-hybridized carbons (Fsp3) is 0.217. The Hall–Kier alpha value is -1.43. The average Bonchev–Trinajstić information content (AvgIpc) is 3.20. The molecule has 0 N–H and O–H groups in total. The molecule has 4 rings (SSSR count). The lowest BCUT2D eigenvalue weighted by molar-refractivity contribution is 0.720. The first-order valence-electron chi connectivity index (χ1n) is 9.03. The summed E-state index contributed by atoms with van der Waals surface area (Å²) in [6, 6.07) is 28.8. The maximum atomic E-state index is 4.00. The standard InChI is InChI=1S/C23H22BrP/c24-23-21(18-10-7-8-11-18)16-9-17-22(23)25(19-12-3-1-4-13-19)20-14-5-2-6-15-20/h1-6,9,12-18H,7-8,10-11H2. The number of halogens is 1. The molecule has 1 aliphatic carbocycles. The molecule has 1 aliphatic rings. The second kappa shape index (κ2) is 7.85. The summed E-state index contributed by atoms with van der Waals surface area (Å²) in [6.45, 7) is 0. The van der Waals surface area contributed by atoms with E-state index in [1.165, 1.54) is 51.6 Å². The van der Waals surface area contributed by atoms with Crippen molar-refractivity contribution in [1.29, 1.82) is 0 Å². The van der Waals surface area contributed by atoms with Crippen LogP contribution in [0.4, 0.5) is 0 Å². The predicted octanol–water partition coefficient (Wildman–Crippen LogP) is 5.86. The zero-order valence-electron chi connectivity index (χ0n) is 14.2. The van der Waals surface area contributed by atoms with Gasteiger partial charge < -0.3 is 0 Å². The van der Waals surface area contributed by atoms with Crippen LogP contribution in [0.5, 0.6) is 0 Å². The van der Waals surface area contributed by atoms with Gasteiger partial charge in [-0.15, -0.1) is 0 Å². The van der Waals surface area contributed by atoms with Crippen LogP contribution in [-0.2, 0) is 0 Å². The van der Waals surface area contributed by atoms with E-state index in [0.29, 0.717) is 0 Å². The Morgan fingerprint density at radius 2 is 1.24 bits per heavy atom. The van der Waals surface area contributed by atoms with Gasteiger partial charge in [0.15, 0.2) is 0 Å². The second-order valence-electron chi connectivity index (χ2n) is 6.67. The molecule has 0 atom stereocenters. The molecular weight excluding hydrogens is 387 g/mol. The van der Waals surface area contributed by atoms with Gasteiger partial charge in [0.1, 0.15) is 0 Å². The van der Waals surface area contributed by atoms with E-state index in [-0.39, 0.29) is 0 Å². The first kappa shape index (κ1) is 17.0.